The van der Waals surface area contributed by atoms with Crippen LogP contribution in [0, 0.1) is 0 Å². The maximum Gasteiger partial charge on any atom is 0.137 e. The van der Waals surface area contributed by atoms with Crippen LogP contribution in [0.4, 0.5) is 0 Å². The number of hydrogen-bond acceptors (Lipinski definition) is 3. The molecule has 2 heterocycles. The number of aromatic amines is 1. The Labute approximate surface area is 77.0 Å². The Bertz CT molecular complexity index is 184. The van der Waals surface area contributed by atoms with Gasteiger partial charge in [0.25, 0.3) is 0 Å². The molecule has 0 radical (unpaired) electrons. The van der Waals surface area contributed by atoms with E-state index >= 15 is 0 Å². The topological polar surface area (TPSA) is 53.6 Å². The molecule has 1 saturated heterocycles. The standard InChI is InChI=1S/C5H8N4.2ClH/c1-4(2-6-1)5-7-3-8-9-5;;/h3-4,6H,1-2H2,(H,7,8,9);2*1H. The summed E-state index contributed by atoms with van der Waals surface area (Å²) in [5, 5.41) is 9.76. The van der Waals surface area contributed by atoms with Crippen molar-refractivity contribution in [1.29, 1.82) is 0 Å². The zero-order chi connectivity index (χ0) is 6.10. The Morgan fingerprint density at radius 2 is 2.09 bits per heavy atom. The van der Waals surface area contributed by atoms with Crippen molar-refractivity contribution in [3.63, 3.8) is 0 Å². The van der Waals surface area contributed by atoms with E-state index in [1.165, 1.54) is 0 Å². The van der Waals surface area contributed by atoms with Crippen LogP contribution < -0.4 is 5.32 Å². The van der Waals surface area contributed by atoms with Crippen LogP contribution in [-0.2, 0) is 0 Å². The van der Waals surface area contributed by atoms with Gasteiger partial charge < -0.3 is 5.32 Å². The van der Waals surface area contributed by atoms with Gasteiger partial charge in [0.15, 0.2) is 0 Å². The van der Waals surface area contributed by atoms with Crippen LogP contribution in [-0.4, -0.2) is 28.3 Å². The van der Waals surface area contributed by atoms with Gasteiger partial charge in [-0.15, -0.1) is 24.8 Å². The minimum absolute atomic E-state index is 0. The van der Waals surface area contributed by atoms with Crippen LogP contribution in [0.1, 0.15) is 11.7 Å². The van der Waals surface area contributed by atoms with E-state index in [1.54, 1.807) is 6.33 Å². The molecular formula is C5H10Cl2N4. The fraction of sp³-hybridized carbons (Fsp3) is 0.600. The van der Waals surface area contributed by atoms with Crippen molar-refractivity contribution >= 4 is 24.8 Å². The average Bonchev–Trinajstić information content (AvgIpc) is 2.11. The van der Waals surface area contributed by atoms with Gasteiger partial charge in [0, 0.05) is 19.0 Å². The predicted molar refractivity (Wildman–Crippen MR) is 46.5 cm³/mol. The molecule has 64 valence electrons. The second-order valence-electron chi connectivity index (χ2n) is 2.23. The highest BCUT2D eigenvalue weighted by atomic mass is 35.5. The molecule has 1 fully saturated rings. The first-order chi connectivity index (χ1) is 4.47. The van der Waals surface area contributed by atoms with Gasteiger partial charge in [-0.2, -0.15) is 5.10 Å². The number of rotatable bonds is 1. The number of nitrogens with one attached hydrogen (secondary N) is 2. The van der Waals surface area contributed by atoms with Crippen LogP contribution in [0.3, 0.4) is 0 Å². The Morgan fingerprint density at radius 1 is 1.36 bits per heavy atom. The van der Waals surface area contributed by atoms with Crippen LogP contribution >= 0.6 is 24.8 Å². The third-order valence-corrected chi connectivity index (χ3v) is 1.60. The normalized spacial score (nSPS) is 16.0. The molecule has 0 aliphatic carbocycles. The third kappa shape index (κ3) is 2.05. The summed E-state index contributed by atoms with van der Waals surface area (Å²) < 4.78 is 0. The Balaban J connectivity index is 0.000000500. The Kier molecular flexibility index (Phi) is 4.40. The molecule has 1 aliphatic rings. The van der Waals surface area contributed by atoms with Gasteiger partial charge in [-0.1, -0.05) is 0 Å². The quantitative estimate of drug-likeness (QED) is 0.682. The smallest absolute Gasteiger partial charge is 0.137 e. The van der Waals surface area contributed by atoms with Gasteiger partial charge in [0.1, 0.15) is 12.2 Å². The summed E-state index contributed by atoms with van der Waals surface area (Å²) in [4.78, 5) is 4.03. The van der Waals surface area contributed by atoms with E-state index in [0.29, 0.717) is 5.92 Å². The SMILES string of the molecule is Cl.Cl.c1n[nH]c(C2CNC2)n1. The maximum absolute atomic E-state index is 4.03. The van der Waals surface area contributed by atoms with Crippen LogP contribution in [0.5, 0.6) is 0 Å². The molecule has 0 aromatic carbocycles. The predicted octanol–water partition coefficient (Wildman–Crippen LogP) is 0.335. The molecule has 0 bridgehead atoms. The second-order valence-corrected chi connectivity index (χ2v) is 2.23. The van der Waals surface area contributed by atoms with Gasteiger partial charge in [0.2, 0.25) is 0 Å². The lowest BCUT2D eigenvalue weighted by molar-refractivity contribution is 0.431. The molecule has 0 saturated carbocycles. The lowest BCUT2D eigenvalue weighted by Crippen LogP contribution is -2.40. The fourth-order valence-electron chi connectivity index (χ4n) is 0.894. The summed E-state index contributed by atoms with van der Waals surface area (Å²) in [6, 6.07) is 0. The molecule has 6 heteroatoms. The summed E-state index contributed by atoms with van der Waals surface area (Å²) in [6.45, 7) is 2.07. The third-order valence-electron chi connectivity index (χ3n) is 1.60. The first-order valence-corrected chi connectivity index (χ1v) is 3.03. The molecule has 0 atom stereocenters. The molecule has 4 nitrogen and oxygen atoms in total. The molecule has 1 aliphatic heterocycles. The number of halogens is 2. The first-order valence-electron chi connectivity index (χ1n) is 3.03. The monoisotopic (exact) mass is 196 g/mol. The minimum atomic E-state index is 0. The lowest BCUT2D eigenvalue weighted by atomic mass is 10.0. The van der Waals surface area contributed by atoms with Crippen molar-refractivity contribution in [2.75, 3.05) is 13.1 Å². The minimum Gasteiger partial charge on any atom is -0.315 e. The Morgan fingerprint density at radius 3 is 2.45 bits per heavy atom. The zero-order valence-corrected chi connectivity index (χ0v) is 7.41. The molecule has 2 rings (SSSR count). The second kappa shape index (κ2) is 4.54. The summed E-state index contributed by atoms with van der Waals surface area (Å²) in [7, 11) is 0. The summed E-state index contributed by atoms with van der Waals surface area (Å²) >= 11 is 0. The lowest BCUT2D eigenvalue weighted by Gasteiger charge is -2.24. The van der Waals surface area contributed by atoms with E-state index in [9.17, 15) is 0 Å². The van der Waals surface area contributed by atoms with E-state index < -0.39 is 0 Å². The highest BCUT2D eigenvalue weighted by molar-refractivity contribution is 5.85. The van der Waals surface area contributed by atoms with E-state index in [0.717, 1.165) is 18.9 Å². The van der Waals surface area contributed by atoms with Crippen molar-refractivity contribution in [1.82, 2.24) is 20.5 Å². The first kappa shape index (κ1) is 10.7. The van der Waals surface area contributed by atoms with Crippen LogP contribution in [0.2, 0.25) is 0 Å². The molecule has 0 spiro atoms. The zero-order valence-electron chi connectivity index (χ0n) is 5.78. The highest BCUT2D eigenvalue weighted by Crippen LogP contribution is 2.13. The average molecular weight is 197 g/mol. The van der Waals surface area contributed by atoms with Gasteiger partial charge in [-0.3, -0.25) is 5.10 Å². The van der Waals surface area contributed by atoms with Gasteiger partial charge in [-0.05, 0) is 0 Å². The van der Waals surface area contributed by atoms with Crippen molar-refractivity contribution < 1.29 is 0 Å². The molecule has 0 amide bonds. The van der Waals surface area contributed by atoms with Gasteiger partial charge in [-0.25, -0.2) is 4.98 Å². The Hall–Kier alpha value is -0.320. The highest BCUT2D eigenvalue weighted by Gasteiger charge is 2.20. The van der Waals surface area contributed by atoms with Gasteiger partial charge >= 0.3 is 0 Å². The van der Waals surface area contributed by atoms with Crippen LogP contribution in [0.15, 0.2) is 6.33 Å². The largest absolute Gasteiger partial charge is 0.315 e. The van der Waals surface area contributed by atoms with E-state index in [1.807, 2.05) is 0 Å². The molecule has 2 N–H and O–H groups in total. The fourth-order valence-corrected chi connectivity index (χ4v) is 0.894. The molecule has 1 aromatic heterocycles. The summed E-state index contributed by atoms with van der Waals surface area (Å²) in [5.74, 6) is 1.58. The van der Waals surface area contributed by atoms with Crippen molar-refractivity contribution in [3.8, 4) is 0 Å². The number of H-pyrrole nitrogens is 1. The molecule has 0 unspecified atom stereocenters. The maximum atomic E-state index is 4.03. The van der Waals surface area contributed by atoms with Crippen molar-refractivity contribution in [2.45, 2.75) is 5.92 Å². The molecule has 1 aromatic rings. The number of hydrogen-bond donors (Lipinski definition) is 2. The van der Waals surface area contributed by atoms with E-state index in [2.05, 4.69) is 20.5 Å². The molecule has 11 heavy (non-hydrogen) atoms. The van der Waals surface area contributed by atoms with Gasteiger partial charge in [0.05, 0.1) is 0 Å². The summed E-state index contributed by atoms with van der Waals surface area (Å²) in [5.41, 5.74) is 0. The van der Waals surface area contributed by atoms with Crippen molar-refractivity contribution in [3.05, 3.63) is 12.2 Å². The van der Waals surface area contributed by atoms with E-state index in [-0.39, 0.29) is 24.8 Å². The number of aromatic nitrogens is 3. The summed E-state index contributed by atoms with van der Waals surface area (Å²) in [6.07, 6.45) is 1.55. The number of nitrogens with zero attached hydrogens (tertiary/aromatic N) is 2. The van der Waals surface area contributed by atoms with Crippen molar-refractivity contribution in [2.24, 2.45) is 0 Å². The van der Waals surface area contributed by atoms with E-state index in [4.69, 9.17) is 0 Å². The van der Waals surface area contributed by atoms with Crippen LogP contribution in [0.25, 0.3) is 0 Å². The molecular weight excluding hydrogens is 187 g/mol.